The van der Waals surface area contributed by atoms with Crippen LogP contribution >= 0.6 is 11.8 Å². The summed E-state index contributed by atoms with van der Waals surface area (Å²) in [6.07, 6.45) is 2.10. The van der Waals surface area contributed by atoms with Crippen LogP contribution in [0.2, 0.25) is 0 Å². The topological polar surface area (TPSA) is 116 Å². The number of imide groups is 1. The molecule has 118 valence electrons. The number of nitrogens with zero attached hydrogens (tertiary/aromatic N) is 1. The molecule has 4 amide bonds. The second-order valence-corrected chi connectivity index (χ2v) is 6.17. The standard InChI is InChI=1S/C12H19N3O5S/c1-12(2)10(19)15(11(20)14-12)6-8(16)13-7(9(17)18)4-5-21-3/h7H,4-6H2,1-3H3,(H,13,16)(H,14,20)(H,17,18)/t7-/m0/s1. The van der Waals surface area contributed by atoms with E-state index in [4.69, 9.17) is 5.11 Å². The first-order chi connectivity index (χ1) is 9.69. The molecule has 0 aromatic heterocycles. The number of amides is 4. The van der Waals surface area contributed by atoms with Crippen molar-refractivity contribution >= 4 is 35.6 Å². The first-order valence-corrected chi connectivity index (χ1v) is 7.73. The second-order valence-electron chi connectivity index (χ2n) is 5.19. The summed E-state index contributed by atoms with van der Waals surface area (Å²) in [4.78, 5) is 47.2. The molecule has 1 atom stereocenters. The summed E-state index contributed by atoms with van der Waals surface area (Å²) < 4.78 is 0. The van der Waals surface area contributed by atoms with Gasteiger partial charge in [-0.05, 0) is 32.3 Å². The van der Waals surface area contributed by atoms with Crippen LogP contribution in [0.15, 0.2) is 0 Å². The van der Waals surface area contributed by atoms with E-state index in [9.17, 15) is 19.2 Å². The molecular formula is C12H19N3O5S. The lowest BCUT2D eigenvalue weighted by Gasteiger charge is -2.18. The van der Waals surface area contributed by atoms with E-state index in [2.05, 4.69) is 10.6 Å². The summed E-state index contributed by atoms with van der Waals surface area (Å²) in [5, 5.41) is 13.8. The van der Waals surface area contributed by atoms with Crippen molar-refractivity contribution in [2.75, 3.05) is 18.6 Å². The second kappa shape index (κ2) is 6.79. The third kappa shape index (κ3) is 4.35. The van der Waals surface area contributed by atoms with Gasteiger partial charge in [0.2, 0.25) is 5.91 Å². The van der Waals surface area contributed by atoms with E-state index in [0.717, 1.165) is 4.90 Å². The Kier molecular flexibility index (Phi) is 5.59. The Labute approximate surface area is 126 Å². The van der Waals surface area contributed by atoms with Crippen molar-refractivity contribution in [3.8, 4) is 0 Å². The Morgan fingerprint density at radius 1 is 1.43 bits per heavy atom. The number of hydrogen-bond donors (Lipinski definition) is 3. The highest BCUT2D eigenvalue weighted by molar-refractivity contribution is 7.98. The fourth-order valence-corrected chi connectivity index (χ4v) is 2.31. The number of nitrogens with one attached hydrogen (secondary N) is 2. The molecule has 1 heterocycles. The summed E-state index contributed by atoms with van der Waals surface area (Å²) >= 11 is 1.46. The molecule has 0 radical (unpaired) electrons. The number of thioether (sulfide) groups is 1. The lowest BCUT2D eigenvalue weighted by atomic mass is 10.1. The number of carbonyl (C=O) groups excluding carboxylic acids is 3. The molecule has 1 aliphatic heterocycles. The van der Waals surface area contributed by atoms with Crippen LogP contribution < -0.4 is 10.6 Å². The van der Waals surface area contributed by atoms with Crippen LogP contribution in [0.5, 0.6) is 0 Å². The van der Waals surface area contributed by atoms with Crippen LogP contribution in [0.3, 0.4) is 0 Å². The number of rotatable bonds is 7. The molecule has 0 aromatic rings. The molecule has 0 aliphatic carbocycles. The van der Waals surface area contributed by atoms with Crippen LogP contribution in [0.25, 0.3) is 0 Å². The molecule has 1 fully saturated rings. The van der Waals surface area contributed by atoms with Crippen LogP contribution in [0.1, 0.15) is 20.3 Å². The third-order valence-electron chi connectivity index (χ3n) is 2.99. The number of carbonyl (C=O) groups is 4. The average Bonchev–Trinajstić information content (AvgIpc) is 2.56. The minimum absolute atomic E-state index is 0.272. The van der Waals surface area contributed by atoms with E-state index in [1.54, 1.807) is 0 Å². The van der Waals surface area contributed by atoms with E-state index < -0.39 is 41.9 Å². The Morgan fingerprint density at radius 3 is 2.48 bits per heavy atom. The molecule has 8 nitrogen and oxygen atoms in total. The summed E-state index contributed by atoms with van der Waals surface area (Å²) in [5.41, 5.74) is -1.05. The molecular weight excluding hydrogens is 298 g/mol. The maximum atomic E-state index is 11.9. The van der Waals surface area contributed by atoms with E-state index in [0.29, 0.717) is 5.75 Å². The Hall–Kier alpha value is -1.77. The number of hydrogen-bond acceptors (Lipinski definition) is 5. The summed E-state index contributed by atoms with van der Waals surface area (Å²) in [5.74, 6) is -1.76. The van der Waals surface area contributed by atoms with Crippen molar-refractivity contribution in [2.24, 2.45) is 0 Å². The van der Waals surface area contributed by atoms with Gasteiger partial charge in [-0.25, -0.2) is 9.59 Å². The molecule has 0 aromatic carbocycles. The van der Waals surface area contributed by atoms with Crippen molar-refractivity contribution in [1.82, 2.24) is 15.5 Å². The molecule has 0 saturated carbocycles. The van der Waals surface area contributed by atoms with Crippen LogP contribution in [-0.2, 0) is 14.4 Å². The van der Waals surface area contributed by atoms with Crippen LogP contribution in [0, 0.1) is 0 Å². The number of carboxylic acids is 1. The Morgan fingerprint density at radius 2 is 2.05 bits per heavy atom. The van der Waals surface area contributed by atoms with E-state index in [1.165, 1.54) is 25.6 Å². The number of carboxylic acid groups (broad SMARTS) is 1. The van der Waals surface area contributed by atoms with Gasteiger partial charge in [0.1, 0.15) is 18.1 Å². The van der Waals surface area contributed by atoms with Crippen LogP contribution in [-0.4, -0.2) is 64.0 Å². The van der Waals surface area contributed by atoms with Crippen molar-refractivity contribution in [3.05, 3.63) is 0 Å². The fraction of sp³-hybridized carbons (Fsp3) is 0.667. The van der Waals surface area contributed by atoms with Crippen molar-refractivity contribution in [3.63, 3.8) is 0 Å². The van der Waals surface area contributed by atoms with E-state index in [1.807, 2.05) is 6.26 Å². The van der Waals surface area contributed by atoms with Gasteiger partial charge in [0.15, 0.2) is 0 Å². The average molecular weight is 317 g/mol. The van der Waals surface area contributed by atoms with Crippen LogP contribution in [0.4, 0.5) is 4.79 Å². The van der Waals surface area contributed by atoms with E-state index in [-0.39, 0.29) is 6.42 Å². The predicted octanol–water partition coefficient (Wildman–Crippen LogP) is -0.361. The zero-order valence-electron chi connectivity index (χ0n) is 12.1. The number of urea groups is 1. The van der Waals surface area contributed by atoms with Gasteiger partial charge in [0, 0.05) is 0 Å². The van der Waals surface area contributed by atoms with Gasteiger partial charge >= 0.3 is 12.0 Å². The normalized spacial score (nSPS) is 18.3. The molecule has 0 bridgehead atoms. The third-order valence-corrected chi connectivity index (χ3v) is 3.63. The molecule has 1 saturated heterocycles. The van der Waals surface area contributed by atoms with Crippen molar-refractivity contribution in [2.45, 2.75) is 31.8 Å². The largest absolute Gasteiger partial charge is 0.480 e. The fourth-order valence-electron chi connectivity index (χ4n) is 1.84. The smallest absolute Gasteiger partial charge is 0.326 e. The summed E-state index contributed by atoms with van der Waals surface area (Å²) in [6.45, 7) is 2.57. The number of aliphatic carboxylic acids is 1. The maximum absolute atomic E-state index is 11.9. The van der Waals surface area contributed by atoms with Gasteiger partial charge in [-0.1, -0.05) is 0 Å². The van der Waals surface area contributed by atoms with Crippen molar-refractivity contribution in [1.29, 1.82) is 0 Å². The molecule has 0 spiro atoms. The molecule has 1 rings (SSSR count). The highest BCUT2D eigenvalue weighted by Gasteiger charge is 2.45. The molecule has 0 unspecified atom stereocenters. The first-order valence-electron chi connectivity index (χ1n) is 6.34. The van der Waals surface area contributed by atoms with Gasteiger partial charge < -0.3 is 15.7 Å². The minimum Gasteiger partial charge on any atom is -0.480 e. The molecule has 3 N–H and O–H groups in total. The van der Waals surface area contributed by atoms with Gasteiger partial charge in [-0.15, -0.1) is 0 Å². The summed E-state index contributed by atoms with van der Waals surface area (Å²) in [6, 6.07) is -1.69. The van der Waals surface area contributed by atoms with Crippen molar-refractivity contribution < 1.29 is 24.3 Å². The lowest BCUT2D eigenvalue weighted by molar-refractivity contribution is -0.142. The zero-order valence-corrected chi connectivity index (χ0v) is 13.0. The highest BCUT2D eigenvalue weighted by atomic mass is 32.2. The first kappa shape index (κ1) is 17.3. The molecule has 9 heteroatoms. The van der Waals surface area contributed by atoms with Gasteiger partial charge in [0.05, 0.1) is 0 Å². The van der Waals surface area contributed by atoms with E-state index >= 15 is 0 Å². The Bertz CT molecular complexity index is 466. The molecule has 1 aliphatic rings. The minimum atomic E-state index is -1.14. The SMILES string of the molecule is CSCC[C@H](NC(=O)CN1C(=O)NC(C)(C)C1=O)C(=O)O. The van der Waals surface area contributed by atoms with Gasteiger partial charge in [-0.3, -0.25) is 14.5 Å². The van der Waals surface area contributed by atoms with Gasteiger partial charge in [-0.2, -0.15) is 11.8 Å². The quantitative estimate of drug-likeness (QED) is 0.552. The van der Waals surface area contributed by atoms with Gasteiger partial charge in [0.25, 0.3) is 5.91 Å². The summed E-state index contributed by atoms with van der Waals surface area (Å²) in [7, 11) is 0. The highest BCUT2D eigenvalue weighted by Crippen LogP contribution is 2.16. The Balaban J connectivity index is 2.62. The molecule has 21 heavy (non-hydrogen) atoms. The lowest BCUT2D eigenvalue weighted by Crippen LogP contribution is -2.47. The predicted molar refractivity (Wildman–Crippen MR) is 76.9 cm³/mol. The monoisotopic (exact) mass is 317 g/mol. The zero-order chi connectivity index (χ0) is 16.2. The maximum Gasteiger partial charge on any atom is 0.326 e.